The van der Waals surface area contributed by atoms with Crippen molar-refractivity contribution in [2.45, 2.75) is 32.8 Å². The predicted octanol–water partition coefficient (Wildman–Crippen LogP) is 6.09. The van der Waals surface area contributed by atoms with Crippen molar-refractivity contribution in [1.82, 2.24) is 4.90 Å². The number of piperidine rings is 1. The van der Waals surface area contributed by atoms with Gasteiger partial charge < -0.3 is 15.0 Å². The van der Waals surface area contributed by atoms with Crippen molar-refractivity contribution < 1.29 is 9.53 Å². The number of amides is 1. The van der Waals surface area contributed by atoms with Gasteiger partial charge in [0.1, 0.15) is 11.9 Å². The number of nitrogens with zero attached hydrogens (tertiary/aromatic N) is 1. The minimum Gasteiger partial charge on any atom is -0.490 e. The Morgan fingerprint density at radius 1 is 1.06 bits per heavy atom. The van der Waals surface area contributed by atoms with Crippen LogP contribution in [0.5, 0.6) is 5.75 Å². The lowest BCUT2D eigenvalue weighted by Crippen LogP contribution is -2.35. The molecule has 3 rings (SSSR count). The van der Waals surface area contributed by atoms with Gasteiger partial charge in [0.2, 0.25) is 0 Å². The fourth-order valence-electron chi connectivity index (χ4n) is 3.36. The predicted molar refractivity (Wildman–Crippen MR) is 131 cm³/mol. The molecule has 31 heavy (non-hydrogen) atoms. The summed E-state index contributed by atoms with van der Waals surface area (Å²) in [7, 11) is 2.15. The SMILES string of the molecule is C=C/C=C(\C=C)C(=O)Nc1cccc(-c2ccc(OC3CCN(C)CC3)cc2)c1.CC. The topological polar surface area (TPSA) is 41.6 Å². The van der Waals surface area contributed by atoms with Gasteiger partial charge in [-0.15, -0.1) is 0 Å². The Balaban J connectivity index is 0.00000166. The Labute approximate surface area is 186 Å². The zero-order valence-electron chi connectivity index (χ0n) is 18.9. The number of rotatable bonds is 7. The summed E-state index contributed by atoms with van der Waals surface area (Å²) >= 11 is 0. The molecule has 0 unspecified atom stereocenters. The normalized spacial score (nSPS) is 14.7. The number of allylic oxidation sites excluding steroid dienone is 2. The molecule has 4 heteroatoms. The van der Waals surface area contributed by atoms with Crippen LogP contribution < -0.4 is 10.1 Å². The second kappa shape index (κ2) is 12.6. The van der Waals surface area contributed by atoms with Crippen LogP contribution in [0.2, 0.25) is 0 Å². The maximum absolute atomic E-state index is 12.3. The summed E-state index contributed by atoms with van der Waals surface area (Å²) in [5.74, 6) is 0.692. The molecule has 0 aromatic heterocycles. The molecule has 0 bridgehead atoms. The summed E-state index contributed by atoms with van der Waals surface area (Å²) in [5.41, 5.74) is 3.31. The maximum atomic E-state index is 12.3. The first-order chi connectivity index (χ1) is 15.1. The molecule has 2 aromatic rings. The van der Waals surface area contributed by atoms with Gasteiger partial charge in [0.25, 0.3) is 5.91 Å². The van der Waals surface area contributed by atoms with Gasteiger partial charge in [0.15, 0.2) is 0 Å². The third kappa shape index (κ3) is 7.26. The zero-order valence-corrected chi connectivity index (χ0v) is 18.9. The van der Waals surface area contributed by atoms with Crippen molar-refractivity contribution in [3.8, 4) is 16.9 Å². The van der Waals surface area contributed by atoms with Crippen molar-refractivity contribution in [3.05, 3.63) is 85.5 Å². The van der Waals surface area contributed by atoms with Gasteiger partial charge in [-0.3, -0.25) is 4.79 Å². The third-order valence-corrected chi connectivity index (χ3v) is 5.06. The van der Waals surface area contributed by atoms with Crippen LogP contribution in [0, 0.1) is 0 Å². The molecule has 0 atom stereocenters. The highest BCUT2D eigenvalue weighted by Gasteiger charge is 2.17. The van der Waals surface area contributed by atoms with Crippen LogP contribution in [-0.2, 0) is 4.79 Å². The molecule has 164 valence electrons. The first-order valence-electron chi connectivity index (χ1n) is 10.9. The number of carbonyl (C=O) groups excluding carboxylic acids is 1. The van der Waals surface area contributed by atoms with E-state index in [-0.39, 0.29) is 5.91 Å². The largest absolute Gasteiger partial charge is 0.490 e. The minimum atomic E-state index is -0.209. The molecule has 0 radical (unpaired) electrons. The van der Waals surface area contributed by atoms with Crippen LogP contribution in [0.25, 0.3) is 11.1 Å². The van der Waals surface area contributed by atoms with E-state index in [1.165, 1.54) is 6.08 Å². The van der Waals surface area contributed by atoms with Gasteiger partial charge >= 0.3 is 0 Å². The third-order valence-electron chi connectivity index (χ3n) is 5.06. The lowest BCUT2D eigenvalue weighted by atomic mass is 10.0. The van der Waals surface area contributed by atoms with Gasteiger partial charge in [-0.2, -0.15) is 0 Å². The van der Waals surface area contributed by atoms with Gasteiger partial charge in [-0.05, 0) is 55.3 Å². The number of carbonyl (C=O) groups is 1. The van der Waals surface area contributed by atoms with E-state index in [2.05, 4.69) is 42.6 Å². The average Bonchev–Trinajstić information content (AvgIpc) is 2.81. The standard InChI is InChI=1S/C25H28N2O2.C2H6/c1-4-7-19(5-2)25(28)26-22-9-6-8-21(18-22)20-10-12-23(13-11-20)29-24-14-16-27(3)17-15-24;1-2/h4-13,18,24H,1-2,14-17H2,3H3,(H,26,28);1-2H3/b19-7+;. The zero-order chi connectivity index (χ0) is 22.6. The van der Waals surface area contributed by atoms with E-state index in [4.69, 9.17) is 4.74 Å². The summed E-state index contributed by atoms with van der Waals surface area (Å²) in [5, 5.41) is 2.90. The van der Waals surface area contributed by atoms with Gasteiger partial charge in [0, 0.05) is 24.4 Å². The summed E-state index contributed by atoms with van der Waals surface area (Å²) in [6, 6.07) is 15.9. The van der Waals surface area contributed by atoms with E-state index in [1.807, 2.05) is 50.2 Å². The molecule has 0 aliphatic carbocycles. The molecule has 0 spiro atoms. The molecule has 0 saturated carbocycles. The highest BCUT2D eigenvalue weighted by molar-refractivity contribution is 6.06. The summed E-state index contributed by atoms with van der Waals surface area (Å²) in [4.78, 5) is 14.7. The summed E-state index contributed by atoms with van der Waals surface area (Å²) < 4.78 is 6.13. The van der Waals surface area contributed by atoms with E-state index in [9.17, 15) is 4.79 Å². The number of hydrogen-bond acceptors (Lipinski definition) is 3. The number of hydrogen-bond donors (Lipinski definition) is 1. The van der Waals surface area contributed by atoms with Crippen LogP contribution in [0.1, 0.15) is 26.7 Å². The second-order valence-electron chi connectivity index (χ2n) is 7.24. The number of ether oxygens (including phenoxy) is 1. The Morgan fingerprint density at radius 3 is 2.35 bits per heavy atom. The molecular weight excluding hydrogens is 384 g/mol. The highest BCUT2D eigenvalue weighted by atomic mass is 16.5. The van der Waals surface area contributed by atoms with Crippen molar-refractivity contribution >= 4 is 11.6 Å². The van der Waals surface area contributed by atoms with E-state index >= 15 is 0 Å². The van der Waals surface area contributed by atoms with E-state index in [0.717, 1.165) is 48.5 Å². The van der Waals surface area contributed by atoms with E-state index in [1.54, 1.807) is 12.2 Å². The van der Waals surface area contributed by atoms with Crippen LogP contribution in [0.4, 0.5) is 5.69 Å². The average molecular weight is 419 g/mol. The fraction of sp³-hybridized carbons (Fsp3) is 0.296. The molecule has 1 N–H and O–H groups in total. The molecule has 1 heterocycles. The number of nitrogens with one attached hydrogen (secondary N) is 1. The monoisotopic (exact) mass is 418 g/mol. The van der Waals surface area contributed by atoms with Crippen LogP contribution in [0.15, 0.2) is 85.5 Å². The molecule has 4 nitrogen and oxygen atoms in total. The first-order valence-corrected chi connectivity index (χ1v) is 10.9. The lowest BCUT2D eigenvalue weighted by Gasteiger charge is -2.29. The summed E-state index contributed by atoms with van der Waals surface area (Å²) in [6.07, 6.45) is 7.14. The first kappa shape index (κ1) is 24.2. The second-order valence-corrected chi connectivity index (χ2v) is 7.24. The molecule has 1 saturated heterocycles. The van der Waals surface area contributed by atoms with Crippen molar-refractivity contribution in [3.63, 3.8) is 0 Å². The molecule has 1 amide bonds. The Hall–Kier alpha value is -3.11. The number of anilines is 1. The van der Waals surface area contributed by atoms with Gasteiger partial charge in [-0.25, -0.2) is 0 Å². The van der Waals surface area contributed by atoms with E-state index < -0.39 is 0 Å². The molecule has 1 aliphatic rings. The van der Waals surface area contributed by atoms with Crippen LogP contribution >= 0.6 is 0 Å². The quantitative estimate of drug-likeness (QED) is 0.437. The van der Waals surface area contributed by atoms with Crippen molar-refractivity contribution in [2.24, 2.45) is 0 Å². The molecule has 1 fully saturated rings. The van der Waals surface area contributed by atoms with Crippen molar-refractivity contribution in [2.75, 3.05) is 25.5 Å². The Morgan fingerprint density at radius 2 is 1.74 bits per heavy atom. The molecule has 1 aliphatic heterocycles. The minimum absolute atomic E-state index is 0.209. The molecule has 2 aromatic carbocycles. The molecular formula is C27H34N2O2. The number of likely N-dealkylation sites (tertiary alicyclic amines) is 1. The van der Waals surface area contributed by atoms with Crippen LogP contribution in [-0.4, -0.2) is 37.0 Å². The smallest absolute Gasteiger partial charge is 0.255 e. The highest BCUT2D eigenvalue weighted by Crippen LogP contribution is 2.26. The number of benzene rings is 2. The van der Waals surface area contributed by atoms with Crippen molar-refractivity contribution in [1.29, 1.82) is 0 Å². The van der Waals surface area contributed by atoms with Gasteiger partial charge in [-0.1, -0.05) is 69.5 Å². The van der Waals surface area contributed by atoms with E-state index in [0.29, 0.717) is 11.7 Å². The van der Waals surface area contributed by atoms with Crippen LogP contribution in [0.3, 0.4) is 0 Å². The lowest BCUT2D eigenvalue weighted by molar-refractivity contribution is -0.112. The Kier molecular flexibility index (Phi) is 9.79. The van der Waals surface area contributed by atoms with Gasteiger partial charge in [0.05, 0.1) is 0 Å². The summed E-state index contributed by atoms with van der Waals surface area (Å²) in [6.45, 7) is 13.5. The Bertz CT molecular complexity index is 892. The maximum Gasteiger partial charge on any atom is 0.255 e. The fourth-order valence-corrected chi connectivity index (χ4v) is 3.36.